The van der Waals surface area contributed by atoms with E-state index in [1.807, 2.05) is 0 Å². The maximum absolute atomic E-state index is 12.4. The van der Waals surface area contributed by atoms with E-state index in [0.717, 1.165) is 0 Å². The van der Waals surface area contributed by atoms with Gasteiger partial charge in [0.2, 0.25) is 0 Å². The fourth-order valence-corrected chi connectivity index (χ4v) is 2.84. The summed E-state index contributed by atoms with van der Waals surface area (Å²) in [5.74, 6) is -0.916. The van der Waals surface area contributed by atoms with Gasteiger partial charge in [-0.25, -0.2) is 0 Å². The van der Waals surface area contributed by atoms with E-state index in [9.17, 15) is 14.7 Å². The number of amides is 1. The van der Waals surface area contributed by atoms with E-state index in [0.29, 0.717) is 41.0 Å². The van der Waals surface area contributed by atoms with Gasteiger partial charge in [0, 0.05) is 22.6 Å². The molecule has 0 spiro atoms. The van der Waals surface area contributed by atoms with Crippen LogP contribution in [0.2, 0.25) is 5.02 Å². The first-order chi connectivity index (χ1) is 9.33. The number of carboxylic acids is 1. The number of halogens is 2. The lowest BCUT2D eigenvalue weighted by atomic mass is 9.80. The SMILES string of the molecule is CC1(C(=O)O)CCN(C(=O)c2cc(Cl)ccc2Br)CC1. The molecule has 1 heterocycles. The molecule has 0 saturated carbocycles. The molecule has 0 aliphatic carbocycles. The van der Waals surface area contributed by atoms with Crippen molar-refractivity contribution in [1.82, 2.24) is 4.90 Å². The van der Waals surface area contributed by atoms with Crippen molar-refractivity contribution in [2.75, 3.05) is 13.1 Å². The summed E-state index contributed by atoms with van der Waals surface area (Å²) in [6.07, 6.45) is 0.929. The lowest BCUT2D eigenvalue weighted by molar-refractivity contribution is -0.150. The highest BCUT2D eigenvalue weighted by Gasteiger charge is 2.38. The molecule has 108 valence electrons. The van der Waals surface area contributed by atoms with Gasteiger partial charge in [0.1, 0.15) is 0 Å². The maximum Gasteiger partial charge on any atom is 0.309 e. The summed E-state index contributed by atoms with van der Waals surface area (Å²) in [5, 5.41) is 9.70. The Morgan fingerprint density at radius 2 is 1.95 bits per heavy atom. The average Bonchev–Trinajstić information content (AvgIpc) is 2.41. The van der Waals surface area contributed by atoms with Gasteiger partial charge in [-0.3, -0.25) is 9.59 Å². The fraction of sp³-hybridized carbons (Fsp3) is 0.429. The van der Waals surface area contributed by atoms with Gasteiger partial charge in [-0.1, -0.05) is 11.6 Å². The number of nitrogens with zero attached hydrogens (tertiary/aromatic N) is 1. The third kappa shape index (κ3) is 2.99. The minimum absolute atomic E-state index is 0.119. The second-order valence-electron chi connectivity index (χ2n) is 5.28. The van der Waals surface area contributed by atoms with Gasteiger partial charge in [0.25, 0.3) is 5.91 Å². The Hall–Kier alpha value is -1.07. The Balaban J connectivity index is 2.13. The van der Waals surface area contributed by atoms with Gasteiger partial charge in [-0.15, -0.1) is 0 Å². The molecule has 1 aliphatic rings. The first-order valence-corrected chi connectivity index (χ1v) is 7.48. The van der Waals surface area contributed by atoms with E-state index in [4.69, 9.17) is 11.6 Å². The summed E-state index contributed by atoms with van der Waals surface area (Å²) in [5.41, 5.74) is -0.223. The van der Waals surface area contributed by atoms with E-state index < -0.39 is 11.4 Å². The Morgan fingerprint density at radius 3 is 2.50 bits per heavy atom. The quantitative estimate of drug-likeness (QED) is 0.879. The lowest BCUT2D eigenvalue weighted by Crippen LogP contribution is -2.45. The van der Waals surface area contributed by atoms with Gasteiger partial charge >= 0.3 is 5.97 Å². The molecule has 1 aromatic carbocycles. The standard InChI is InChI=1S/C14H15BrClNO3/c1-14(13(19)20)4-6-17(7-5-14)12(18)10-8-9(16)2-3-11(10)15/h2-3,8H,4-7H2,1H3,(H,19,20). The molecular formula is C14H15BrClNO3. The molecule has 20 heavy (non-hydrogen) atoms. The highest BCUT2D eigenvalue weighted by atomic mass is 79.9. The summed E-state index contributed by atoms with van der Waals surface area (Å²) >= 11 is 9.26. The molecule has 1 aliphatic heterocycles. The molecule has 1 aromatic rings. The number of benzene rings is 1. The smallest absolute Gasteiger partial charge is 0.309 e. The molecule has 2 rings (SSSR count). The Labute approximate surface area is 130 Å². The van der Waals surface area contributed by atoms with Gasteiger partial charge in [0.05, 0.1) is 11.0 Å². The van der Waals surface area contributed by atoms with E-state index >= 15 is 0 Å². The zero-order valence-corrected chi connectivity index (χ0v) is 13.4. The molecule has 6 heteroatoms. The number of hydrogen-bond acceptors (Lipinski definition) is 2. The predicted molar refractivity (Wildman–Crippen MR) is 80.0 cm³/mol. The van der Waals surface area contributed by atoms with E-state index in [-0.39, 0.29) is 5.91 Å². The van der Waals surface area contributed by atoms with Crippen LogP contribution < -0.4 is 0 Å². The summed E-state index contributed by atoms with van der Waals surface area (Å²) in [6.45, 7) is 2.62. The van der Waals surface area contributed by atoms with Crippen molar-refractivity contribution in [2.45, 2.75) is 19.8 Å². The number of piperidine rings is 1. The van der Waals surface area contributed by atoms with Crippen LogP contribution in [-0.2, 0) is 4.79 Å². The molecule has 0 unspecified atom stereocenters. The number of rotatable bonds is 2. The number of carbonyl (C=O) groups is 2. The van der Waals surface area contributed by atoms with Crippen molar-refractivity contribution in [1.29, 1.82) is 0 Å². The topological polar surface area (TPSA) is 57.6 Å². The third-order valence-corrected chi connectivity index (χ3v) is 4.76. The van der Waals surface area contributed by atoms with Crippen LogP contribution >= 0.6 is 27.5 Å². The molecular weight excluding hydrogens is 346 g/mol. The van der Waals surface area contributed by atoms with Gasteiger partial charge in [-0.05, 0) is 53.9 Å². The van der Waals surface area contributed by atoms with E-state index in [2.05, 4.69) is 15.9 Å². The van der Waals surface area contributed by atoms with Gasteiger partial charge in [-0.2, -0.15) is 0 Å². The summed E-state index contributed by atoms with van der Waals surface area (Å²) in [4.78, 5) is 25.3. The molecule has 0 radical (unpaired) electrons. The summed E-state index contributed by atoms with van der Waals surface area (Å²) in [7, 11) is 0. The van der Waals surface area contributed by atoms with Crippen LogP contribution in [0, 0.1) is 5.41 Å². The van der Waals surface area contributed by atoms with Crippen LogP contribution in [0.5, 0.6) is 0 Å². The second kappa shape index (κ2) is 5.74. The number of likely N-dealkylation sites (tertiary alicyclic amines) is 1. The number of hydrogen-bond donors (Lipinski definition) is 1. The zero-order chi connectivity index (χ0) is 14.9. The van der Waals surface area contributed by atoms with Crippen molar-refractivity contribution in [3.63, 3.8) is 0 Å². The molecule has 1 N–H and O–H groups in total. The molecule has 1 amide bonds. The zero-order valence-electron chi connectivity index (χ0n) is 11.0. The van der Waals surface area contributed by atoms with Gasteiger partial charge in [0.15, 0.2) is 0 Å². The van der Waals surface area contributed by atoms with Crippen molar-refractivity contribution >= 4 is 39.4 Å². The highest BCUT2D eigenvalue weighted by Crippen LogP contribution is 2.32. The van der Waals surface area contributed by atoms with Crippen LogP contribution in [0.25, 0.3) is 0 Å². The van der Waals surface area contributed by atoms with Crippen LogP contribution in [0.15, 0.2) is 22.7 Å². The maximum atomic E-state index is 12.4. The Bertz CT molecular complexity index is 553. The fourth-order valence-electron chi connectivity index (χ4n) is 2.25. The van der Waals surface area contributed by atoms with E-state index in [1.165, 1.54) is 0 Å². The minimum Gasteiger partial charge on any atom is -0.481 e. The monoisotopic (exact) mass is 359 g/mol. The Morgan fingerprint density at radius 1 is 1.35 bits per heavy atom. The van der Waals surface area contributed by atoms with Crippen molar-refractivity contribution in [3.05, 3.63) is 33.3 Å². The van der Waals surface area contributed by atoms with Gasteiger partial charge < -0.3 is 10.0 Å². The number of carbonyl (C=O) groups excluding carboxylic acids is 1. The first kappa shape index (κ1) is 15.3. The van der Waals surface area contributed by atoms with Crippen LogP contribution in [0.4, 0.5) is 0 Å². The summed E-state index contributed by atoms with van der Waals surface area (Å²) in [6, 6.07) is 5.07. The number of carboxylic acid groups (broad SMARTS) is 1. The molecule has 4 nitrogen and oxygen atoms in total. The highest BCUT2D eigenvalue weighted by molar-refractivity contribution is 9.10. The Kier molecular flexibility index (Phi) is 4.39. The second-order valence-corrected chi connectivity index (χ2v) is 6.57. The normalized spacial score (nSPS) is 17.9. The van der Waals surface area contributed by atoms with Crippen molar-refractivity contribution in [3.8, 4) is 0 Å². The molecule has 0 aromatic heterocycles. The molecule has 1 fully saturated rings. The van der Waals surface area contributed by atoms with Crippen molar-refractivity contribution < 1.29 is 14.7 Å². The third-order valence-electron chi connectivity index (χ3n) is 3.83. The largest absolute Gasteiger partial charge is 0.481 e. The van der Waals surface area contributed by atoms with Crippen LogP contribution in [0.1, 0.15) is 30.1 Å². The van der Waals surface area contributed by atoms with Crippen molar-refractivity contribution in [2.24, 2.45) is 5.41 Å². The number of aliphatic carboxylic acids is 1. The van der Waals surface area contributed by atoms with Crippen LogP contribution in [0.3, 0.4) is 0 Å². The first-order valence-electron chi connectivity index (χ1n) is 6.31. The molecule has 0 atom stereocenters. The lowest BCUT2D eigenvalue weighted by Gasteiger charge is -2.36. The average molecular weight is 361 g/mol. The minimum atomic E-state index is -0.798. The van der Waals surface area contributed by atoms with Crippen LogP contribution in [-0.4, -0.2) is 35.0 Å². The molecule has 0 bridgehead atoms. The summed E-state index contributed by atoms with van der Waals surface area (Å²) < 4.78 is 0.693. The van der Waals surface area contributed by atoms with E-state index in [1.54, 1.807) is 30.0 Å². The predicted octanol–water partition coefficient (Wildman–Crippen LogP) is 3.43. The molecule has 1 saturated heterocycles.